The summed E-state index contributed by atoms with van der Waals surface area (Å²) >= 11 is 0. The Hall–Kier alpha value is -1.37. The van der Waals surface area contributed by atoms with Crippen molar-refractivity contribution in [3.05, 3.63) is 47.0 Å². The molecule has 4 bridgehead atoms. The number of hydrogen-bond acceptors (Lipinski definition) is 1. The number of carbonyl (C=O) groups is 1. The average Bonchev–Trinajstić information content (AvgIpc) is 3.26. The number of rotatable bonds is 1. The van der Waals surface area contributed by atoms with Crippen molar-refractivity contribution in [1.82, 2.24) is 0 Å². The molecule has 1 aromatic carbocycles. The number of aldehydes is 1. The van der Waals surface area contributed by atoms with Crippen molar-refractivity contribution in [3.63, 3.8) is 0 Å². The van der Waals surface area contributed by atoms with Crippen LogP contribution in [0.5, 0.6) is 0 Å². The van der Waals surface area contributed by atoms with Crippen molar-refractivity contribution < 1.29 is 4.79 Å². The summed E-state index contributed by atoms with van der Waals surface area (Å²) in [4.78, 5) is 11.0. The first kappa shape index (κ1) is 11.2. The van der Waals surface area contributed by atoms with Gasteiger partial charge in [0.2, 0.25) is 0 Å². The van der Waals surface area contributed by atoms with Crippen molar-refractivity contribution in [2.75, 3.05) is 0 Å². The van der Waals surface area contributed by atoms with Crippen molar-refractivity contribution in [1.29, 1.82) is 0 Å². The van der Waals surface area contributed by atoms with Gasteiger partial charge in [0.25, 0.3) is 0 Å². The lowest BCUT2D eigenvalue weighted by Crippen LogP contribution is -2.34. The van der Waals surface area contributed by atoms with Crippen LogP contribution >= 0.6 is 0 Å². The van der Waals surface area contributed by atoms with E-state index in [0.29, 0.717) is 0 Å². The molecule has 1 nitrogen and oxygen atoms in total. The second-order valence-corrected chi connectivity index (χ2v) is 8.14. The van der Waals surface area contributed by atoms with Crippen LogP contribution in [0.2, 0.25) is 0 Å². The van der Waals surface area contributed by atoms with E-state index in [-0.39, 0.29) is 0 Å². The minimum absolute atomic E-state index is 0.819. The average molecular weight is 276 g/mol. The van der Waals surface area contributed by atoms with Gasteiger partial charge in [0.1, 0.15) is 6.29 Å². The van der Waals surface area contributed by atoms with Crippen LogP contribution < -0.4 is 0 Å². The molecule has 0 aliphatic heterocycles. The summed E-state index contributed by atoms with van der Waals surface area (Å²) in [7, 11) is 0. The van der Waals surface area contributed by atoms with Crippen LogP contribution in [-0.2, 0) is 6.42 Å². The van der Waals surface area contributed by atoms with Gasteiger partial charge in [0, 0.05) is 5.56 Å². The molecule has 0 radical (unpaired) electrons. The van der Waals surface area contributed by atoms with E-state index in [4.69, 9.17) is 0 Å². The Kier molecular flexibility index (Phi) is 1.88. The molecule has 5 aliphatic rings. The van der Waals surface area contributed by atoms with Crippen LogP contribution in [0.3, 0.4) is 0 Å². The molecule has 1 heteroatoms. The number of fused-ring (bicyclic) bond motifs is 14. The Bertz CT molecular complexity index is 687. The summed E-state index contributed by atoms with van der Waals surface area (Å²) in [5.41, 5.74) is 3.95. The number of allylic oxidation sites excluding steroid dienone is 2. The van der Waals surface area contributed by atoms with Crippen LogP contribution in [0.4, 0.5) is 0 Å². The molecule has 21 heavy (non-hydrogen) atoms. The van der Waals surface area contributed by atoms with E-state index in [9.17, 15) is 4.79 Å². The van der Waals surface area contributed by atoms with E-state index in [2.05, 4.69) is 24.3 Å². The molecule has 0 spiro atoms. The SMILES string of the molecule is O=Cc1ccc2c(c1)CC1C3CC(C21)C1C2C=CC(C2)C31. The lowest BCUT2D eigenvalue weighted by molar-refractivity contribution is 0.112. The van der Waals surface area contributed by atoms with E-state index in [0.717, 1.165) is 59.2 Å². The highest BCUT2D eigenvalue weighted by Crippen LogP contribution is 2.72. The summed E-state index contributed by atoms with van der Waals surface area (Å²) in [6, 6.07) is 6.49. The summed E-state index contributed by atoms with van der Waals surface area (Å²) in [5, 5.41) is 0. The van der Waals surface area contributed by atoms with Crippen LogP contribution in [0.1, 0.15) is 40.2 Å². The van der Waals surface area contributed by atoms with E-state index in [1.54, 1.807) is 5.56 Å². The molecule has 3 saturated carbocycles. The highest BCUT2D eigenvalue weighted by molar-refractivity contribution is 5.75. The van der Waals surface area contributed by atoms with Gasteiger partial charge in [0.05, 0.1) is 0 Å². The summed E-state index contributed by atoms with van der Waals surface area (Å²) in [6.45, 7) is 0. The minimum Gasteiger partial charge on any atom is -0.298 e. The molecule has 0 aromatic heterocycles. The molecule has 0 N–H and O–H groups in total. The fraction of sp³-hybridized carbons (Fsp3) is 0.550. The molecule has 1 aromatic rings. The van der Waals surface area contributed by atoms with Crippen molar-refractivity contribution in [3.8, 4) is 0 Å². The first-order valence-corrected chi connectivity index (χ1v) is 8.61. The number of carbonyl (C=O) groups excluding carboxylic acids is 1. The maximum Gasteiger partial charge on any atom is 0.150 e. The largest absolute Gasteiger partial charge is 0.298 e. The Morgan fingerprint density at radius 1 is 0.952 bits per heavy atom. The van der Waals surface area contributed by atoms with Crippen LogP contribution in [0.25, 0.3) is 0 Å². The van der Waals surface area contributed by atoms with E-state index >= 15 is 0 Å². The Balaban J connectivity index is 1.46. The second kappa shape index (κ2) is 3.51. The van der Waals surface area contributed by atoms with Gasteiger partial charge < -0.3 is 0 Å². The molecule has 0 saturated heterocycles. The fourth-order valence-corrected chi connectivity index (χ4v) is 7.36. The van der Waals surface area contributed by atoms with E-state index < -0.39 is 0 Å². The maximum absolute atomic E-state index is 11.0. The minimum atomic E-state index is 0.819. The third kappa shape index (κ3) is 1.16. The first-order chi connectivity index (χ1) is 10.3. The van der Waals surface area contributed by atoms with Gasteiger partial charge in [-0.25, -0.2) is 0 Å². The third-order valence-corrected chi connectivity index (χ3v) is 7.71. The lowest BCUT2D eigenvalue weighted by atomic mass is 9.65. The van der Waals surface area contributed by atoms with Crippen LogP contribution in [0.15, 0.2) is 30.4 Å². The molecule has 8 atom stereocenters. The van der Waals surface area contributed by atoms with Gasteiger partial charge in [-0.2, -0.15) is 0 Å². The van der Waals surface area contributed by atoms with Crippen molar-refractivity contribution in [2.45, 2.75) is 25.2 Å². The van der Waals surface area contributed by atoms with Gasteiger partial charge in [0.15, 0.2) is 0 Å². The second-order valence-electron chi connectivity index (χ2n) is 8.14. The smallest absolute Gasteiger partial charge is 0.150 e. The predicted octanol–water partition coefficient (Wildman–Crippen LogP) is 3.84. The zero-order valence-corrected chi connectivity index (χ0v) is 12.1. The molecule has 0 amide bonds. The quantitative estimate of drug-likeness (QED) is 0.432. The molecule has 3 fully saturated rings. The normalized spacial score (nSPS) is 50.3. The lowest BCUT2D eigenvalue weighted by Gasteiger charge is -2.39. The number of benzene rings is 1. The van der Waals surface area contributed by atoms with Gasteiger partial charge in [-0.15, -0.1) is 0 Å². The maximum atomic E-state index is 11.0. The van der Waals surface area contributed by atoms with Crippen LogP contribution in [0, 0.1) is 41.4 Å². The zero-order valence-electron chi connectivity index (χ0n) is 12.1. The molecular formula is C20H20O. The molecule has 106 valence electrons. The molecule has 0 heterocycles. The molecule has 8 unspecified atom stereocenters. The highest BCUT2D eigenvalue weighted by atomic mass is 16.1. The van der Waals surface area contributed by atoms with Gasteiger partial charge in [-0.1, -0.05) is 24.3 Å². The van der Waals surface area contributed by atoms with Gasteiger partial charge >= 0.3 is 0 Å². The molecular weight excluding hydrogens is 256 g/mol. The first-order valence-electron chi connectivity index (χ1n) is 8.61. The molecule has 5 aliphatic carbocycles. The van der Waals surface area contributed by atoms with Crippen molar-refractivity contribution in [2.24, 2.45) is 41.4 Å². The fourth-order valence-electron chi connectivity index (χ4n) is 7.36. The van der Waals surface area contributed by atoms with E-state index in [1.807, 2.05) is 6.07 Å². The summed E-state index contributed by atoms with van der Waals surface area (Å²) in [6.07, 6.45) is 10.3. The summed E-state index contributed by atoms with van der Waals surface area (Å²) in [5.74, 6) is 7.42. The standard InChI is InChI=1S/C20H20O/c21-9-10-1-4-14-13(5-10)7-15-16-8-17(20(14)15)19-12-3-2-11(6-12)18(16)19/h1-5,9,11-12,15-20H,6-8H2. The monoisotopic (exact) mass is 276 g/mol. The van der Waals surface area contributed by atoms with Crippen LogP contribution in [-0.4, -0.2) is 6.29 Å². The number of hydrogen-bond donors (Lipinski definition) is 0. The Morgan fingerprint density at radius 2 is 1.76 bits per heavy atom. The molecule has 6 rings (SSSR count). The predicted molar refractivity (Wildman–Crippen MR) is 81.1 cm³/mol. The van der Waals surface area contributed by atoms with Gasteiger partial charge in [-0.05, 0) is 83.8 Å². The summed E-state index contributed by atoms with van der Waals surface area (Å²) < 4.78 is 0. The Morgan fingerprint density at radius 3 is 2.57 bits per heavy atom. The van der Waals surface area contributed by atoms with Crippen molar-refractivity contribution >= 4 is 6.29 Å². The van der Waals surface area contributed by atoms with Gasteiger partial charge in [-0.3, -0.25) is 4.79 Å². The van der Waals surface area contributed by atoms with E-state index in [1.165, 1.54) is 24.8 Å². The Labute approximate surface area is 125 Å². The topological polar surface area (TPSA) is 17.1 Å². The zero-order chi connectivity index (χ0) is 13.7. The third-order valence-electron chi connectivity index (χ3n) is 7.71. The highest BCUT2D eigenvalue weighted by Gasteiger charge is 2.65.